The van der Waals surface area contributed by atoms with Gasteiger partial charge in [0.1, 0.15) is 23.3 Å². The van der Waals surface area contributed by atoms with Gasteiger partial charge in [-0.2, -0.15) is 0 Å². The summed E-state index contributed by atoms with van der Waals surface area (Å²) in [6.45, 7) is 9.91. The fourth-order valence-electron chi connectivity index (χ4n) is 8.93. The van der Waals surface area contributed by atoms with Crippen LogP contribution in [0.1, 0.15) is 72.0 Å². The average molecular weight is 457 g/mol. The Labute approximate surface area is 193 Å². The minimum Gasteiger partial charge on any atom is -0.472 e. The second-order valence-corrected chi connectivity index (χ2v) is 12.2. The zero-order valence-corrected chi connectivity index (χ0v) is 19.8. The van der Waals surface area contributed by atoms with Crippen LogP contribution in [0.4, 0.5) is 0 Å². The standard InChI is InChI=1S/C26H32O7/c1-22(2)15-10-18(29)25(5)14(24(15,4)17(28)11-16(22)27)6-8-23(3)19(13-7-9-31-12-13)32-21(30)20-26(23,25)33-20/h7,9,12,14-16,19-20,27H,6,8,10-11H2,1-5H3/t14?,15?,16?,19?,20?,23-,24-,25-,26-/m0/s1. The van der Waals surface area contributed by atoms with Crippen LogP contribution in [-0.4, -0.2) is 40.5 Å². The lowest BCUT2D eigenvalue weighted by atomic mass is 9.35. The lowest BCUT2D eigenvalue weighted by Gasteiger charge is -2.67. The number of aliphatic hydroxyl groups excluding tert-OH is 1. The maximum atomic E-state index is 14.1. The molecular formula is C26H32O7. The van der Waals surface area contributed by atoms with Crippen molar-refractivity contribution in [2.75, 3.05) is 0 Å². The molecule has 7 heteroatoms. The molecule has 1 aromatic heterocycles. The molecule has 5 unspecified atom stereocenters. The Morgan fingerprint density at radius 2 is 1.70 bits per heavy atom. The second-order valence-electron chi connectivity index (χ2n) is 12.2. The molecule has 1 N–H and O–H groups in total. The number of carbonyl (C=O) groups excluding carboxylic acids is 3. The van der Waals surface area contributed by atoms with Gasteiger partial charge in [0.25, 0.3) is 0 Å². The lowest BCUT2D eigenvalue weighted by molar-refractivity contribution is -0.225. The molecule has 5 fully saturated rings. The summed E-state index contributed by atoms with van der Waals surface area (Å²) in [7, 11) is 0. The smallest absolute Gasteiger partial charge is 0.339 e. The molecule has 9 atom stereocenters. The van der Waals surface area contributed by atoms with E-state index in [4.69, 9.17) is 13.9 Å². The first-order valence-corrected chi connectivity index (χ1v) is 12.0. The van der Waals surface area contributed by atoms with Gasteiger partial charge in [-0.25, -0.2) is 4.79 Å². The van der Waals surface area contributed by atoms with E-state index in [1.54, 1.807) is 18.6 Å². The van der Waals surface area contributed by atoms with Crippen LogP contribution < -0.4 is 0 Å². The summed E-state index contributed by atoms with van der Waals surface area (Å²) in [4.78, 5) is 40.8. The summed E-state index contributed by atoms with van der Waals surface area (Å²) in [5, 5.41) is 10.7. The summed E-state index contributed by atoms with van der Waals surface area (Å²) in [5.41, 5.74) is -3.24. The highest BCUT2D eigenvalue weighted by Crippen LogP contribution is 2.78. The van der Waals surface area contributed by atoms with E-state index in [9.17, 15) is 19.5 Å². The highest BCUT2D eigenvalue weighted by atomic mass is 16.7. The van der Waals surface area contributed by atoms with Crippen molar-refractivity contribution < 1.29 is 33.4 Å². The molecule has 33 heavy (non-hydrogen) atoms. The fraction of sp³-hybridized carbons (Fsp3) is 0.731. The van der Waals surface area contributed by atoms with Gasteiger partial charge in [0.2, 0.25) is 0 Å². The van der Waals surface area contributed by atoms with Crippen LogP contribution >= 0.6 is 0 Å². The third-order valence-corrected chi connectivity index (χ3v) is 10.9. The number of hydrogen-bond acceptors (Lipinski definition) is 7. The topological polar surface area (TPSA) is 106 Å². The van der Waals surface area contributed by atoms with E-state index < -0.39 is 51.5 Å². The van der Waals surface area contributed by atoms with Gasteiger partial charge in [-0.15, -0.1) is 0 Å². The van der Waals surface area contributed by atoms with E-state index in [2.05, 4.69) is 6.92 Å². The molecule has 3 heterocycles. The molecule has 0 aromatic carbocycles. The molecule has 7 nitrogen and oxygen atoms in total. The number of Topliss-reactive ketones (excluding diaryl/α,β-unsaturated/α-hetero) is 2. The largest absolute Gasteiger partial charge is 0.472 e. The number of esters is 1. The number of carbonyl (C=O) groups is 3. The third-order valence-electron chi connectivity index (χ3n) is 10.9. The molecule has 6 rings (SSSR count). The molecular weight excluding hydrogens is 424 g/mol. The molecule has 0 amide bonds. The molecule has 1 spiro atoms. The first-order chi connectivity index (χ1) is 15.4. The van der Waals surface area contributed by atoms with Gasteiger partial charge in [0.05, 0.1) is 24.0 Å². The SMILES string of the molecule is CC1(C)C(O)CC(=O)[C@]2(C)C1CC(=O)[C@]1(C)C2CC[C@@]2(C)C(c3ccoc3)OC(=O)C3O[C@@]321. The number of epoxide rings is 1. The van der Waals surface area contributed by atoms with Crippen molar-refractivity contribution >= 4 is 17.5 Å². The number of aliphatic hydroxyl groups is 1. The molecule has 178 valence electrons. The number of cyclic esters (lactones) is 1. The number of fused-ring (bicyclic) bond motifs is 3. The summed E-state index contributed by atoms with van der Waals surface area (Å²) >= 11 is 0. The fourth-order valence-corrected chi connectivity index (χ4v) is 8.93. The number of ketones is 2. The molecule has 0 bridgehead atoms. The molecule has 5 aliphatic rings. The Bertz CT molecular complexity index is 1070. The van der Waals surface area contributed by atoms with Gasteiger partial charge in [0, 0.05) is 29.2 Å². The van der Waals surface area contributed by atoms with Crippen LogP contribution in [0.3, 0.4) is 0 Å². The van der Waals surface area contributed by atoms with Crippen molar-refractivity contribution in [3.8, 4) is 0 Å². The summed E-state index contributed by atoms with van der Waals surface area (Å²) in [6, 6.07) is 1.79. The van der Waals surface area contributed by atoms with Gasteiger partial charge < -0.3 is 19.0 Å². The minimum atomic E-state index is -1.02. The summed E-state index contributed by atoms with van der Waals surface area (Å²) in [5.74, 6) is -0.940. The van der Waals surface area contributed by atoms with Crippen LogP contribution in [0.2, 0.25) is 0 Å². The van der Waals surface area contributed by atoms with Crippen LogP contribution in [-0.2, 0) is 23.9 Å². The third kappa shape index (κ3) is 2.10. The number of rotatable bonds is 1. The summed E-state index contributed by atoms with van der Waals surface area (Å²) < 4.78 is 17.5. The van der Waals surface area contributed by atoms with E-state index in [1.807, 2.05) is 27.7 Å². The quantitative estimate of drug-likeness (QED) is 0.510. The van der Waals surface area contributed by atoms with Gasteiger partial charge in [0.15, 0.2) is 6.10 Å². The maximum Gasteiger partial charge on any atom is 0.339 e. The first-order valence-electron chi connectivity index (χ1n) is 12.0. The van der Waals surface area contributed by atoms with Crippen molar-refractivity contribution in [2.24, 2.45) is 33.5 Å². The van der Waals surface area contributed by atoms with E-state index >= 15 is 0 Å². The van der Waals surface area contributed by atoms with Crippen LogP contribution in [0.25, 0.3) is 0 Å². The number of furan rings is 1. The van der Waals surface area contributed by atoms with E-state index in [1.165, 1.54) is 0 Å². The Hall–Kier alpha value is -1.99. The molecule has 0 radical (unpaired) electrons. The molecule has 2 saturated heterocycles. The number of hydrogen-bond donors (Lipinski definition) is 1. The number of ether oxygens (including phenoxy) is 2. The molecule has 3 saturated carbocycles. The van der Waals surface area contributed by atoms with Crippen molar-refractivity contribution in [1.82, 2.24) is 0 Å². The van der Waals surface area contributed by atoms with Crippen LogP contribution in [0.15, 0.2) is 23.0 Å². The van der Waals surface area contributed by atoms with E-state index in [0.29, 0.717) is 12.8 Å². The predicted octanol–water partition coefficient (Wildman–Crippen LogP) is 3.39. The Morgan fingerprint density at radius 1 is 0.970 bits per heavy atom. The average Bonchev–Trinajstić information content (AvgIpc) is 3.32. The normalized spacial score (nSPS) is 52.2. The minimum absolute atomic E-state index is 0.0185. The summed E-state index contributed by atoms with van der Waals surface area (Å²) in [6.07, 6.45) is 2.56. The van der Waals surface area contributed by atoms with Crippen molar-refractivity contribution in [3.05, 3.63) is 24.2 Å². The highest BCUT2D eigenvalue weighted by molar-refractivity contribution is 5.97. The van der Waals surface area contributed by atoms with E-state index in [0.717, 1.165) is 5.56 Å². The second kappa shape index (κ2) is 5.98. The van der Waals surface area contributed by atoms with Gasteiger partial charge in [-0.05, 0) is 43.1 Å². The van der Waals surface area contributed by atoms with Crippen LogP contribution in [0.5, 0.6) is 0 Å². The predicted molar refractivity (Wildman–Crippen MR) is 115 cm³/mol. The molecule has 1 aromatic rings. The van der Waals surface area contributed by atoms with Crippen molar-refractivity contribution in [1.29, 1.82) is 0 Å². The Kier molecular flexibility index (Phi) is 3.90. The Morgan fingerprint density at radius 3 is 2.36 bits per heavy atom. The highest BCUT2D eigenvalue weighted by Gasteiger charge is 2.88. The zero-order valence-electron chi connectivity index (χ0n) is 19.8. The Balaban J connectivity index is 1.53. The lowest BCUT2D eigenvalue weighted by Crippen LogP contribution is -2.73. The monoisotopic (exact) mass is 456 g/mol. The maximum absolute atomic E-state index is 14.1. The first kappa shape index (κ1) is 21.5. The van der Waals surface area contributed by atoms with Gasteiger partial charge in [-0.3, -0.25) is 9.59 Å². The van der Waals surface area contributed by atoms with Crippen molar-refractivity contribution in [2.45, 2.75) is 84.2 Å². The molecule has 2 aliphatic heterocycles. The van der Waals surface area contributed by atoms with E-state index in [-0.39, 0.29) is 36.2 Å². The zero-order chi connectivity index (χ0) is 23.8. The molecule has 3 aliphatic carbocycles. The van der Waals surface area contributed by atoms with Crippen LogP contribution in [0, 0.1) is 33.5 Å². The van der Waals surface area contributed by atoms with Gasteiger partial charge >= 0.3 is 5.97 Å². The van der Waals surface area contributed by atoms with Crippen molar-refractivity contribution in [3.63, 3.8) is 0 Å². The van der Waals surface area contributed by atoms with Gasteiger partial charge in [-0.1, -0.05) is 27.7 Å².